The molecule has 0 fully saturated rings. The van der Waals surface area contributed by atoms with Gasteiger partial charge in [0.1, 0.15) is 0 Å². The summed E-state index contributed by atoms with van der Waals surface area (Å²) in [6.07, 6.45) is -7.42. The Morgan fingerprint density at radius 1 is 1.39 bits per heavy atom. The van der Waals surface area contributed by atoms with Crippen LogP contribution in [0.3, 0.4) is 0 Å². The molecule has 1 aromatic heterocycles. The molecule has 9 heteroatoms. The van der Waals surface area contributed by atoms with Crippen molar-refractivity contribution in [2.24, 2.45) is 0 Å². The monoisotopic (exact) mass is 291 g/mol. The topological polar surface area (TPSA) is 31.4 Å². The van der Waals surface area contributed by atoms with Crippen molar-refractivity contribution in [3.8, 4) is 11.6 Å². The molecule has 0 aliphatic carbocycles. The van der Waals surface area contributed by atoms with E-state index >= 15 is 0 Å². The highest BCUT2D eigenvalue weighted by molar-refractivity contribution is 6.17. The van der Waals surface area contributed by atoms with Crippen LogP contribution in [0.5, 0.6) is 11.6 Å². The van der Waals surface area contributed by atoms with Crippen LogP contribution < -0.4 is 9.47 Å². The molecule has 0 atom stereocenters. The molecule has 0 amide bonds. The number of alkyl halides is 6. The van der Waals surface area contributed by atoms with Gasteiger partial charge in [-0.15, -0.1) is 24.8 Å². The van der Waals surface area contributed by atoms with Gasteiger partial charge in [-0.3, -0.25) is 0 Å². The smallest absolute Gasteiger partial charge is 0.478 e. The van der Waals surface area contributed by atoms with Gasteiger partial charge in [-0.2, -0.15) is 0 Å². The fourth-order valence-electron chi connectivity index (χ4n) is 1.23. The summed E-state index contributed by atoms with van der Waals surface area (Å²) >= 11 is 5.36. The quantitative estimate of drug-likeness (QED) is 0.626. The molecule has 0 N–H and O–H groups in total. The van der Waals surface area contributed by atoms with E-state index in [0.29, 0.717) is 0 Å². The van der Waals surface area contributed by atoms with E-state index in [0.717, 1.165) is 13.3 Å². The lowest BCUT2D eigenvalue weighted by atomic mass is 10.1. The molecule has 0 unspecified atom stereocenters. The molecule has 1 aromatic rings. The second-order valence-corrected chi connectivity index (χ2v) is 3.28. The van der Waals surface area contributed by atoms with Crippen LogP contribution in [0.2, 0.25) is 0 Å². The summed E-state index contributed by atoms with van der Waals surface area (Å²) in [6, 6.07) is 0. The lowest BCUT2D eigenvalue weighted by Crippen LogP contribution is -2.19. The zero-order valence-electron chi connectivity index (χ0n) is 8.89. The molecule has 0 spiro atoms. The van der Waals surface area contributed by atoms with Gasteiger partial charge in [0.2, 0.25) is 5.75 Å². The summed E-state index contributed by atoms with van der Waals surface area (Å²) in [5, 5.41) is 0. The van der Waals surface area contributed by atoms with E-state index < -0.39 is 35.9 Å². The number of methoxy groups -OCH3 is 1. The number of pyridine rings is 1. The van der Waals surface area contributed by atoms with Gasteiger partial charge >= 0.3 is 6.36 Å². The lowest BCUT2D eigenvalue weighted by molar-refractivity contribution is -0.275. The Hall–Kier alpha value is -1.31. The minimum Gasteiger partial charge on any atom is -0.478 e. The molecule has 0 aliphatic heterocycles. The molecule has 0 saturated heterocycles. The number of rotatable bonds is 4. The average Bonchev–Trinajstić information content (AvgIpc) is 2.25. The zero-order chi connectivity index (χ0) is 13.9. The molecule has 0 aliphatic rings. The molecule has 3 nitrogen and oxygen atoms in total. The van der Waals surface area contributed by atoms with Crippen LogP contribution in [0.25, 0.3) is 0 Å². The van der Waals surface area contributed by atoms with Crippen LogP contribution in [-0.4, -0.2) is 18.5 Å². The summed E-state index contributed by atoms with van der Waals surface area (Å²) < 4.78 is 70.0. The van der Waals surface area contributed by atoms with Gasteiger partial charge < -0.3 is 9.47 Å². The number of nitrogens with zero attached hydrogens (tertiary/aromatic N) is 1. The Kier molecular flexibility index (Phi) is 4.55. The van der Waals surface area contributed by atoms with Crippen molar-refractivity contribution in [3.05, 3.63) is 17.3 Å². The van der Waals surface area contributed by atoms with Crippen molar-refractivity contribution < 1.29 is 31.4 Å². The van der Waals surface area contributed by atoms with Crippen LogP contribution in [0.1, 0.15) is 17.6 Å². The molecular weight excluding hydrogens is 285 g/mol. The fraction of sp³-hybridized carbons (Fsp3) is 0.444. The number of ether oxygens (including phenoxy) is 2. The Bertz CT molecular complexity index is 424. The minimum atomic E-state index is -5.14. The second-order valence-electron chi connectivity index (χ2n) is 3.02. The summed E-state index contributed by atoms with van der Waals surface area (Å²) in [6.45, 7) is 0. The summed E-state index contributed by atoms with van der Waals surface area (Å²) in [7, 11) is 0.987. The summed E-state index contributed by atoms with van der Waals surface area (Å²) in [5.41, 5.74) is -1.24. The van der Waals surface area contributed by atoms with Crippen molar-refractivity contribution in [1.29, 1.82) is 0 Å². The standard InChI is InChI=1S/C9H7ClF5NO2/c1-17-8-6(18-9(13,14)15)5(7(11)12)4(2-10)3-16-8/h3,7H,2H2,1H3. The number of hydrogen-bond acceptors (Lipinski definition) is 3. The van der Waals surface area contributed by atoms with Gasteiger partial charge in [-0.05, 0) is 5.56 Å². The maximum absolute atomic E-state index is 12.8. The van der Waals surface area contributed by atoms with E-state index in [-0.39, 0.29) is 5.56 Å². The first kappa shape index (κ1) is 14.7. The third-order valence-corrected chi connectivity index (χ3v) is 2.18. The third kappa shape index (κ3) is 3.34. The van der Waals surface area contributed by atoms with Gasteiger partial charge in [-0.25, -0.2) is 13.8 Å². The highest BCUT2D eigenvalue weighted by Crippen LogP contribution is 2.41. The Morgan fingerprint density at radius 3 is 2.39 bits per heavy atom. The van der Waals surface area contributed by atoms with Crippen molar-refractivity contribution in [2.75, 3.05) is 7.11 Å². The van der Waals surface area contributed by atoms with Crippen LogP contribution in [-0.2, 0) is 5.88 Å². The van der Waals surface area contributed by atoms with Crippen molar-refractivity contribution in [2.45, 2.75) is 18.7 Å². The normalized spacial score (nSPS) is 11.8. The van der Waals surface area contributed by atoms with E-state index in [1.165, 1.54) is 0 Å². The van der Waals surface area contributed by atoms with Gasteiger partial charge in [0, 0.05) is 12.1 Å². The number of halogens is 6. The number of hydrogen-bond donors (Lipinski definition) is 0. The Labute approximate surface area is 103 Å². The van der Waals surface area contributed by atoms with E-state index in [1.54, 1.807) is 0 Å². The molecule has 0 bridgehead atoms. The van der Waals surface area contributed by atoms with Gasteiger partial charge in [0.05, 0.1) is 12.7 Å². The minimum absolute atomic E-state index is 0.258. The van der Waals surface area contributed by atoms with Crippen molar-refractivity contribution in [1.82, 2.24) is 4.98 Å². The molecule has 1 heterocycles. The van der Waals surface area contributed by atoms with Crippen LogP contribution >= 0.6 is 11.6 Å². The van der Waals surface area contributed by atoms with E-state index in [4.69, 9.17) is 11.6 Å². The zero-order valence-corrected chi connectivity index (χ0v) is 9.65. The molecule has 102 valence electrons. The molecule has 0 saturated carbocycles. The Balaban J connectivity index is 3.40. The SMILES string of the molecule is COc1ncc(CCl)c(C(F)F)c1OC(F)(F)F. The van der Waals surface area contributed by atoms with Gasteiger partial charge in [-0.1, -0.05) is 0 Å². The van der Waals surface area contributed by atoms with Crippen molar-refractivity contribution >= 4 is 11.6 Å². The highest BCUT2D eigenvalue weighted by Gasteiger charge is 2.36. The van der Waals surface area contributed by atoms with Crippen LogP contribution in [0, 0.1) is 0 Å². The number of aromatic nitrogens is 1. The molecule has 1 rings (SSSR count). The lowest BCUT2D eigenvalue weighted by Gasteiger charge is -2.17. The van der Waals surface area contributed by atoms with Crippen molar-refractivity contribution in [3.63, 3.8) is 0 Å². The fourth-order valence-corrected chi connectivity index (χ4v) is 1.44. The third-order valence-electron chi connectivity index (χ3n) is 1.90. The Morgan fingerprint density at radius 2 is 2.00 bits per heavy atom. The summed E-state index contributed by atoms with van der Waals surface area (Å²) in [5.74, 6) is -2.28. The van der Waals surface area contributed by atoms with E-state index in [2.05, 4.69) is 14.5 Å². The second kappa shape index (κ2) is 5.55. The molecule has 0 aromatic carbocycles. The molecular formula is C9H7ClF5NO2. The predicted octanol–water partition coefficient (Wildman–Crippen LogP) is 3.67. The van der Waals surface area contributed by atoms with Crippen LogP contribution in [0.4, 0.5) is 22.0 Å². The first-order chi connectivity index (χ1) is 8.30. The maximum Gasteiger partial charge on any atom is 0.573 e. The predicted molar refractivity (Wildman–Crippen MR) is 52.0 cm³/mol. The van der Waals surface area contributed by atoms with E-state index in [9.17, 15) is 22.0 Å². The summed E-state index contributed by atoms with van der Waals surface area (Å²) in [4.78, 5) is 3.43. The largest absolute Gasteiger partial charge is 0.573 e. The maximum atomic E-state index is 12.8. The van der Waals surface area contributed by atoms with Gasteiger partial charge in [0.25, 0.3) is 12.3 Å². The molecule has 0 radical (unpaired) electrons. The average molecular weight is 292 g/mol. The molecule has 18 heavy (non-hydrogen) atoms. The van der Waals surface area contributed by atoms with Crippen LogP contribution in [0.15, 0.2) is 6.20 Å². The first-order valence-electron chi connectivity index (χ1n) is 4.45. The van der Waals surface area contributed by atoms with Gasteiger partial charge in [0.15, 0.2) is 0 Å². The first-order valence-corrected chi connectivity index (χ1v) is 4.99. The van der Waals surface area contributed by atoms with E-state index in [1.807, 2.05) is 0 Å². The highest BCUT2D eigenvalue weighted by atomic mass is 35.5.